The van der Waals surface area contributed by atoms with Crippen molar-refractivity contribution in [2.45, 2.75) is 0 Å². The molecule has 0 unspecified atom stereocenters. The van der Waals surface area contributed by atoms with Gasteiger partial charge in [-0.25, -0.2) is 9.59 Å². The second kappa shape index (κ2) is 9.62. The van der Waals surface area contributed by atoms with E-state index in [1.165, 1.54) is 19.3 Å². The standard InChI is InChI=1S/C24H21N3O5/c1-26-19-6-4-5-7-20(19)27(2)23(26)18(14-25)21(28)15-32-22(29)13-10-16-8-11-17(12-9-16)24(30)31-3/h4-13H,15H2,1-3H3/b13-10+. The molecule has 0 saturated heterocycles. The summed E-state index contributed by atoms with van der Waals surface area (Å²) in [5.74, 6) is -1.36. The number of fused-ring (bicyclic) bond motifs is 1. The lowest BCUT2D eigenvalue weighted by Gasteiger charge is -2.19. The number of hydrogen-bond acceptors (Lipinski definition) is 8. The Bertz CT molecular complexity index is 1130. The zero-order chi connectivity index (χ0) is 23.3. The number of methoxy groups -OCH3 is 1. The van der Waals surface area contributed by atoms with Crippen LogP contribution in [0.5, 0.6) is 0 Å². The van der Waals surface area contributed by atoms with E-state index in [2.05, 4.69) is 4.74 Å². The van der Waals surface area contributed by atoms with Gasteiger partial charge in [-0.15, -0.1) is 0 Å². The fourth-order valence-electron chi connectivity index (χ4n) is 3.33. The predicted molar refractivity (Wildman–Crippen MR) is 119 cm³/mol. The van der Waals surface area contributed by atoms with Crippen molar-refractivity contribution in [2.24, 2.45) is 0 Å². The monoisotopic (exact) mass is 431 g/mol. The lowest BCUT2D eigenvalue weighted by Crippen LogP contribution is -2.27. The molecule has 0 radical (unpaired) electrons. The van der Waals surface area contributed by atoms with Crippen LogP contribution in [0, 0.1) is 11.3 Å². The van der Waals surface area contributed by atoms with Crippen LogP contribution in [0.3, 0.4) is 0 Å². The van der Waals surface area contributed by atoms with Crippen molar-refractivity contribution in [1.29, 1.82) is 5.26 Å². The summed E-state index contributed by atoms with van der Waals surface area (Å²) in [6.45, 7) is -0.561. The van der Waals surface area contributed by atoms with Crippen molar-refractivity contribution in [2.75, 3.05) is 37.6 Å². The first kappa shape index (κ1) is 22.3. The number of benzene rings is 2. The van der Waals surface area contributed by atoms with Crippen LogP contribution in [0.2, 0.25) is 0 Å². The van der Waals surface area contributed by atoms with Gasteiger partial charge in [-0.3, -0.25) is 4.79 Å². The Morgan fingerprint density at radius 2 is 1.59 bits per heavy atom. The van der Waals surface area contributed by atoms with Gasteiger partial charge in [0.05, 0.1) is 24.0 Å². The summed E-state index contributed by atoms with van der Waals surface area (Å²) < 4.78 is 9.65. The van der Waals surface area contributed by atoms with Crippen molar-refractivity contribution in [3.8, 4) is 6.07 Å². The van der Waals surface area contributed by atoms with Crippen molar-refractivity contribution >= 4 is 35.2 Å². The number of carbonyl (C=O) groups is 3. The third-order valence-electron chi connectivity index (χ3n) is 4.94. The number of Topliss-reactive ketones (excluding diaryl/α,β-unsaturated/α-hetero) is 1. The third kappa shape index (κ3) is 4.52. The lowest BCUT2D eigenvalue weighted by molar-refractivity contribution is -0.141. The highest BCUT2D eigenvalue weighted by atomic mass is 16.5. The van der Waals surface area contributed by atoms with Gasteiger partial charge in [-0.05, 0) is 35.9 Å². The number of rotatable bonds is 6. The van der Waals surface area contributed by atoms with E-state index in [0.29, 0.717) is 16.9 Å². The molecule has 32 heavy (non-hydrogen) atoms. The van der Waals surface area contributed by atoms with E-state index < -0.39 is 24.3 Å². The minimum atomic E-state index is -0.728. The SMILES string of the molecule is COC(=O)c1ccc(/C=C/C(=O)OCC(=O)C(C#N)=C2N(C)c3ccccc3N2C)cc1. The number of nitrogens with zero attached hydrogens (tertiary/aromatic N) is 3. The van der Waals surface area contributed by atoms with Crippen LogP contribution in [0.1, 0.15) is 15.9 Å². The molecule has 3 rings (SSSR count). The first-order chi connectivity index (χ1) is 15.4. The molecule has 0 amide bonds. The van der Waals surface area contributed by atoms with Gasteiger partial charge >= 0.3 is 11.9 Å². The molecule has 0 atom stereocenters. The highest BCUT2D eigenvalue weighted by molar-refractivity contribution is 6.04. The molecule has 2 aromatic carbocycles. The summed E-state index contributed by atoms with van der Waals surface area (Å²) in [4.78, 5) is 39.6. The number of carbonyl (C=O) groups excluding carboxylic acids is 3. The van der Waals surface area contributed by atoms with Gasteiger partial charge in [0.25, 0.3) is 0 Å². The molecule has 162 valence electrons. The number of anilines is 2. The van der Waals surface area contributed by atoms with Crippen LogP contribution >= 0.6 is 0 Å². The quantitative estimate of drug-likeness (QED) is 0.391. The van der Waals surface area contributed by atoms with E-state index in [4.69, 9.17) is 4.74 Å². The zero-order valence-electron chi connectivity index (χ0n) is 17.9. The predicted octanol–water partition coefficient (Wildman–Crippen LogP) is 2.92. The van der Waals surface area contributed by atoms with Crippen LogP contribution in [-0.4, -0.2) is 45.5 Å². The Morgan fingerprint density at radius 1 is 1.00 bits per heavy atom. The summed E-state index contributed by atoms with van der Waals surface area (Å²) >= 11 is 0. The Balaban J connectivity index is 1.65. The van der Waals surface area contributed by atoms with Crippen molar-refractivity contribution in [3.05, 3.63) is 77.1 Å². The molecule has 0 N–H and O–H groups in total. The minimum absolute atomic E-state index is 0.0959. The maximum atomic E-state index is 12.6. The van der Waals surface area contributed by atoms with E-state index in [1.54, 1.807) is 48.2 Å². The number of esters is 2. The van der Waals surface area contributed by atoms with Gasteiger partial charge in [0, 0.05) is 20.2 Å². The fourth-order valence-corrected chi connectivity index (χ4v) is 3.33. The molecule has 0 bridgehead atoms. The smallest absolute Gasteiger partial charge is 0.337 e. The Hall–Kier alpha value is -4.38. The number of hydrogen-bond donors (Lipinski definition) is 0. The third-order valence-corrected chi connectivity index (χ3v) is 4.94. The van der Waals surface area contributed by atoms with Gasteiger partial charge in [0.1, 0.15) is 17.5 Å². The van der Waals surface area contributed by atoms with Gasteiger partial charge in [-0.2, -0.15) is 5.26 Å². The second-order valence-corrected chi connectivity index (χ2v) is 6.89. The second-order valence-electron chi connectivity index (χ2n) is 6.89. The Kier molecular flexibility index (Phi) is 6.71. The van der Waals surface area contributed by atoms with Gasteiger partial charge < -0.3 is 19.3 Å². The van der Waals surface area contributed by atoms with E-state index in [-0.39, 0.29) is 5.57 Å². The number of para-hydroxylation sites is 2. The van der Waals surface area contributed by atoms with Gasteiger partial charge in [0.15, 0.2) is 6.61 Å². The van der Waals surface area contributed by atoms with Crippen molar-refractivity contribution in [3.63, 3.8) is 0 Å². The van der Waals surface area contributed by atoms with Crippen LogP contribution < -0.4 is 9.80 Å². The largest absolute Gasteiger partial charge is 0.465 e. The van der Waals surface area contributed by atoms with Crippen LogP contribution in [-0.2, 0) is 19.1 Å². The molecule has 0 aromatic heterocycles. The molecule has 8 heteroatoms. The molecule has 1 aliphatic heterocycles. The van der Waals surface area contributed by atoms with Crippen molar-refractivity contribution in [1.82, 2.24) is 0 Å². The average Bonchev–Trinajstić information content (AvgIpc) is 3.07. The maximum absolute atomic E-state index is 12.6. The summed E-state index contributed by atoms with van der Waals surface area (Å²) in [5, 5.41) is 9.60. The maximum Gasteiger partial charge on any atom is 0.337 e. The summed E-state index contributed by atoms with van der Waals surface area (Å²) in [7, 11) is 4.83. The molecule has 0 fully saturated rings. The summed E-state index contributed by atoms with van der Waals surface area (Å²) in [5.41, 5.74) is 2.68. The van der Waals surface area contributed by atoms with Crippen molar-refractivity contribution < 1.29 is 23.9 Å². The molecular formula is C24H21N3O5. The first-order valence-electron chi connectivity index (χ1n) is 9.64. The van der Waals surface area contributed by atoms with E-state index in [9.17, 15) is 19.6 Å². The Morgan fingerprint density at radius 3 is 2.12 bits per heavy atom. The molecule has 2 aromatic rings. The highest BCUT2D eigenvalue weighted by Crippen LogP contribution is 2.40. The molecule has 0 spiro atoms. The average molecular weight is 431 g/mol. The lowest BCUT2D eigenvalue weighted by atomic mass is 10.1. The number of nitriles is 1. The van der Waals surface area contributed by atoms with Gasteiger partial charge in [-0.1, -0.05) is 24.3 Å². The number of ether oxygens (including phenoxy) is 2. The normalized spacial score (nSPS) is 12.4. The van der Waals surface area contributed by atoms with E-state index >= 15 is 0 Å². The fraction of sp³-hybridized carbons (Fsp3) is 0.167. The van der Waals surface area contributed by atoms with E-state index in [0.717, 1.165) is 11.4 Å². The van der Waals surface area contributed by atoms with Crippen LogP contribution in [0.15, 0.2) is 66.0 Å². The zero-order valence-corrected chi connectivity index (χ0v) is 17.9. The molecular weight excluding hydrogens is 410 g/mol. The first-order valence-corrected chi connectivity index (χ1v) is 9.64. The Labute approximate surface area is 185 Å². The molecule has 8 nitrogen and oxygen atoms in total. The van der Waals surface area contributed by atoms with Crippen LogP contribution in [0.4, 0.5) is 11.4 Å². The summed E-state index contributed by atoms with van der Waals surface area (Å²) in [6, 6.07) is 15.9. The molecule has 0 aliphatic carbocycles. The molecule has 0 saturated carbocycles. The van der Waals surface area contributed by atoms with E-state index in [1.807, 2.05) is 30.3 Å². The van der Waals surface area contributed by atoms with Crippen LogP contribution in [0.25, 0.3) is 6.08 Å². The minimum Gasteiger partial charge on any atom is -0.465 e. The molecule has 1 heterocycles. The van der Waals surface area contributed by atoms with Gasteiger partial charge in [0.2, 0.25) is 5.78 Å². The molecule has 1 aliphatic rings. The number of ketones is 1. The topological polar surface area (TPSA) is 99.9 Å². The summed E-state index contributed by atoms with van der Waals surface area (Å²) in [6.07, 6.45) is 2.66. The highest BCUT2D eigenvalue weighted by Gasteiger charge is 2.31.